The zero-order chi connectivity index (χ0) is 18.2. The summed E-state index contributed by atoms with van der Waals surface area (Å²) in [5.74, 6) is -4.50. The Morgan fingerprint density at radius 2 is 1.40 bits per heavy atom. The topological polar surface area (TPSA) is 9.23 Å². The van der Waals surface area contributed by atoms with Gasteiger partial charge in [-0.2, -0.15) is 0 Å². The van der Waals surface area contributed by atoms with Gasteiger partial charge in [0.15, 0.2) is 6.17 Å². The van der Waals surface area contributed by atoms with Crippen LogP contribution in [0.1, 0.15) is 58.3 Å². The van der Waals surface area contributed by atoms with E-state index in [0.29, 0.717) is 37.5 Å². The van der Waals surface area contributed by atoms with E-state index in [0.717, 1.165) is 19.4 Å². The molecule has 1 heterocycles. The molecule has 1 nitrogen and oxygen atoms in total. The summed E-state index contributed by atoms with van der Waals surface area (Å²) in [4.78, 5) is 0. The van der Waals surface area contributed by atoms with Crippen molar-refractivity contribution in [1.82, 2.24) is 0 Å². The zero-order valence-electron chi connectivity index (χ0n) is 14.8. The molecule has 4 unspecified atom stereocenters. The van der Waals surface area contributed by atoms with Crippen molar-refractivity contribution in [3.8, 4) is 0 Å². The quantitative estimate of drug-likeness (QED) is 0.584. The van der Waals surface area contributed by atoms with Gasteiger partial charge in [-0.05, 0) is 63.2 Å². The Morgan fingerprint density at radius 3 is 1.92 bits per heavy atom. The summed E-state index contributed by atoms with van der Waals surface area (Å²) in [6, 6.07) is 0. The maximum atomic E-state index is 14.8. The molecule has 2 aliphatic carbocycles. The third-order valence-electron chi connectivity index (χ3n) is 6.64. The summed E-state index contributed by atoms with van der Waals surface area (Å²) < 4.78 is 75.8. The van der Waals surface area contributed by atoms with Gasteiger partial charge in [-0.25, -0.2) is 22.0 Å². The molecular weight excluding hydrogens is 339 g/mol. The average Bonchev–Trinajstić information content (AvgIpc) is 2.60. The average molecular weight is 368 g/mol. The Bertz CT molecular complexity index is 418. The fourth-order valence-corrected chi connectivity index (χ4v) is 4.92. The van der Waals surface area contributed by atoms with Crippen LogP contribution in [-0.2, 0) is 4.74 Å². The molecule has 1 aliphatic heterocycles. The summed E-state index contributed by atoms with van der Waals surface area (Å²) in [5.41, 5.74) is 0. The summed E-state index contributed by atoms with van der Waals surface area (Å²) in [6.07, 6.45) is -3.30. The van der Waals surface area contributed by atoms with E-state index in [9.17, 15) is 22.0 Å². The number of halogens is 5. The molecule has 0 aromatic carbocycles. The minimum atomic E-state index is -3.12. The zero-order valence-corrected chi connectivity index (χ0v) is 14.8. The van der Waals surface area contributed by atoms with Crippen LogP contribution in [0.5, 0.6) is 0 Å². The molecule has 4 atom stereocenters. The Labute approximate surface area is 146 Å². The van der Waals surface area contributed by atoms with Crippen molar-refractivity contribution in [3.63, 3.8) is 0 Å². The molecule has 0 amide bonds. The van der Waals surface area contributed by atoms with Crippen molar-refractivity contribution in [2.24, 2.45) is 23.7 Å². The molecular formula is C19H29F5O. The predicted octanol–water partition coefficient (Wildman–Crippen LogP) is 5.67. The predicted molar refractivity (Wildman–Crippen MR) is 85.9 cm³/mol. The normalized spacial score (nSPS) is 46.8. The highest BCUT2D eigenvalue weighted by Crippen LogP contribution is 2.49. The van der Waals surface area contributed by atoms with Gasteiger partial charge in [0.05, 0.1) is 6.10 Å². The van der Waals surface area contributed by atoms with E-state index >= 15 is 0 Å². The molecule has 0 radical (unpaired) electrons. The fourth-order valence-electron chi connectivity index (χ4n) is 4.92. The van der Waals surface area contributed by atoms with E-state index in [4.69, 9.17) is 4.74 Å². The van der Waals surface area contributed by atoms with Crippen molar-refractivity contribution in [3.05, 3.63) is 0 Å². The van der Waals surface area contributed by atoms with Crippen LogP contribution in [0.3, 0.4) is 0 Å². The van der Waals surface area contributed by atoms with Crippen LogP contribution in [0.15, 0.2) is 0 Å². The summed E-state index contributed by atoms with van der Waals surface area (Å²) in [7, 11) is 0. The fraction of sp³-hybridized carbons (Fsp3) is 1.00. The number of hydrogen-bond donors (Lipinski definition) is 0. The van der Waals surface area contributed by atoms with E-state index in [1.165, 1.54) is 0 Å². The van der Waals surface area contributed by atoms with Crippen LogP contribution in [0, 0.1) is 23.7 Å². The van der Waals surface area contributed by atoms with Crippen LogP contribution in [0.25, 0.3) is 0 Å². The molecule has 0 aromatic heterocycles. The minimum Gasteiger partial charge on any atom is -0.378 e. The third-order valence-corrected chi connectivity index (χ3v) is 6.64. The van der Waals surface area contributed by atoms with E-state index < -0.39 is 49.1 Å². The first-order valence-electron chi connectivity index (χ1n) is 9.70. The second kappa shape index (κ2) is 7.69. The van der Waals surface area contributed by atoms with E-state index in [2.05, 4.69) is 6.92 Å². The molecule has 0 N–H and O–H groups in total. The lowest BCUT2D eigenvalue weighted by atomic mass is 9.70. The van der Waals surface area contributed by atoms with Crippen LogP contribution < -0.4 is 0 Å². The third kappa shape index (κ3) is 4.14. The van der Waals surface area contributed by atoms with Crippen molar-refractivity contribution in [2.75, 3.05) is 6.61 Å². The highest BCUT2D eigenvalue weighted by molar-refractivity contribution is 4.96. The monoisotopic (exact) mass is 368 g/mol. The molecule has 6 heteroatoms. The van der Waals surface area contributed by atoms with Gasteiger partial charge < -0.3 is 4.74 Å². The standard InChI is InChI=1S/C19H29F5O/c1-11-2-7-17(25-10-11)12-3-5-13(6-4-12)19(23,24)14-8-15(20)18(22)16(21)9-14/h11-18H,2-10H2,1H3. The molecule has 0 aromatic rings. The van der Waals surface area contributed by atoms with Crippen molar-refractivity contribution in [1.29, 1.82) is 0 Å². The van der Waals surface area contributed by atoms with Gasteiger partial charge in [0.25, 0.3) is 5.92 Å². The second-order valence-electron chi connectivity index (χ2n) is 8.49. The molecule has 146 valence electrons. The molecule has 2 saturated carbocycles. The summed E-state index contributed by atoms with van der Waals surface area (Å²) in [5, 5.41) is 0. The molecule has 0 spiro atoms. The van der Waals surface area contributed by atoms with E-state index in [-0.39, 0.29) is 6.10 Å². The maximum Gasteiger partial charge on any atom is 0.253 e. The van der Waals surface area contributed by atoms with Gasteiger partial charge in [-0.3, -0.25) is 0 Å². The van der Waals surface area contributed by atoms with Crippen LogP contribution in [0.4, 0.5) is 22.0 Å². The molecule has 3 rings (SSSR count). The van der Waals surface area contributed by atoms with E-state index in [1.54, 1.807) is 0 Å². The SMILES string of the molecule is CC1CCC(C2CCC(C(F)(F)C3CC(F)C(F)C(F)C3)CC2)OC1. The van der Waals surface area contributed by atoms with Gasteiger partial charge in [0, 0.05) is 18.4 Å². The maximum absolute atomic E-state index is 14.8. The molecule has 0 bridgehead atoms. The lowest BCUT2D eigenvalue weighted by Gasteiger charge is -2.42. The smallest absolute Gasteiger partial charge is 0.253 e. The Morgan fingerprint density at radius 1 is 0.800 bits per heavy atom. The molecule has 3 fully saturated rings. The van der Waals surface area contributed by atoms with Gasteiger partial charge >= 0.3 is 0 Å². The summed E-state index contributed by atoms with van der Waals surface area (Å²) >= 11 is 0. The highest BCUT2D eigenvalue weighted by Gasteiger charge is 2.53. The van der Waals surface area contributed by atoms with E-state index in [1.807, 2.05) is 0 Å². The van der Waals surface area contributed by atoms with Gasteiger partial charge in [0.1, 0.15) is 12.3 Å². The van der Waals surface area contributed by atoms with Gasteiger partial charge in [0.2, 0.25) is 0 Å². The van der Waals surface area contributed by atoms with Gasteiger partial charge in [-0.15, -0.1) is 0 Å². The van der Waals surface area contributed by atoms with Crippen molar-refractivity contribution in [2.45, 2.75) is 88.8 Å². The number of hydrogen-bond acceptors (Lipinski definition) is 1. The van der Waals surface area contributed by atoms with Crippen molar-refractivity contribution >= 4 is 0 Å². The van der Waals surface area contributed by atoms with Crippen LogP contribution in [-0.4, -0.2) is 37.1 Å². The number of rotatable bonds is 3. The number of ether oxygens (including phenoxy) is 1. The second-order valence-corrected chi connectivity index (χ2v) is 8.49. The Balaban J connectivity index is 1.54. The van der Waals surface area contributed by atoms with Crippen LogP contribution in [0.2, 0.25) is 0 Å². The first-order valence-corrected chi connectivity index (χ1v) is 9.70. The molecule has 3 aliphatic rings. The van der Waals surface area contributed by atoms with Gasteiger partial charge in [-0.1, -0.05) is 6.92 Å². The Hall–Kier alpha value is -0.390. The number of alkyl halides is 5. The first kappa shape index (κ1) is 19.4. The summed E-state index contributed by atoms with van der Waals surface area (Å²) in [6.45, 7) is 2.89. The lowest BCUT2D eigenvalue weighted by molar-refractivity contribution is -0.157. The molecule has 1 saturated heterocycles. The van der Waals surface area contributed by atoms with Crippen LogP contribution >= 0.6 is 0 Å². The van der Waals surface area contributed by atoms with Crippen molar-refractivity contribution < 1.29 is 26.7 Å². The minimum absolute atomic E-state index is 0.165. The largest absolute Gasteiger partial charge is 0.378 e. The Kier molecular flexibility index (Phi) is 5.96. The highest BCUT2D eigenvalue weighted by atomic mass is 19.3. The lowest BCUT2D eigenvalue weighted by Crippen LogP contribution is -2.47. The molecule has 25 heavy (non-hydrogen) atoms. The first-order chi connectivity index (χ1) is 11.8.